The van der Waals surface area contributed by atoms with Gasteiger partial charge in [-0.25, -0.2) is 0 Å². The van der Waals surface area contributed by atoms with Crippen molar-refractivity contribution in [1.82, 2.24) is 15.1 Å². The second kappa shape index (κ2) is 6.90. The number of nitrogens with one attached hydrogen (secondary N) is 1. The Morgan fingerprint density at radius 2 is 2.25 bits per heavy atom. The molecule has 20 heavy (non-hydrogen) atoms. The number of benzene rings is 1. The van der Waals surface area contributed by atoms with Gasteiger partial charge in [0.15, 0.2) is 5.75 Å². The van der Waals surface area contributed by atoms with E-state index in [1.54, 1.807) is 6.20 Å². The number of rotatable bonds is 6. The van der Waals surface area contributed by atoms with Crippen molar-refractivity contribution in [1.29, 1.82) is 0 Å². The molecule has 1 unspecified atom stereocenters. The fraction of sp³-hybridized carbons (Fsp3) is 0.400. The monoisotopic (exact) mass is 337 g/mol. The number of aromatic nitrogens is 2. The molecule has 0 amide bonds. The van der Waals surface area contributed by atoms with E-state index >= 15 is 0 Å². The van der Waals surface area contributed by atoms with E-state index in [9.17, 15) is 0 Å². The van der Waals surface area contributed by atoms with E-state index in [2.05, 4.69) is 52.3 Å². The highest BCUT2D eigenvalue weighted by atomic mass is 79.9. The van der Waals surface area contributed by atoms with Crippen molar-refractivity contribution in [3.63, 3.8) is 0 Å². The van der Waals surface area contributed by atoms with Crippen LogP contribution in [0, 0.1) is 0 Å². The van der Waals surface area contributed by atoms with Crippen molar-refractivity contribution >= 4 is 15.9 Å². The largest absolute Gasteiger partial charge is 0.453 e. The molecule has 1 heterocycles. The molecule has 0 saturated heterocycles. The third-order valence-electron chi connectivity index (χ3n) is 3.18. The normalized spacial score (nSPS) is 12.4. The van der Waals surface area contributed by atoms with E-state index in [1.807, 2.05) is 24.0 Å². The third kappa shape index (κ3) is 3.61. The lowest BCUT2D eigenvalue weighted by molar-refractivity contribution is 0.477. The zero-order chi connectivity index (χ0) is 14.5. The van der Waals surface area contributed by atoms with Gasteiger partial charge >= 0.3 is 0 Å². The summed E-state index contributed by atoms with van der Waals surface area (Å²) in [7, 11) is 1.95. The highest BCUT2D eigenvalue weighted by molar-refractivity contribution is 9.10. The molecule has 1 N–H and O–H groups in total. The Kier molecular flexibility index (Phi) is 5.20. The van der Waals surface area contributed by atoms with Crippen LogP contribution in [0.2, 0.25) is 0 Å². The SMILES string of the molecule is CCCn1cc(Oc2ccc(C(C)NC)cc2Br)cn1. The molecule has 0 bridgehead atoms. The van der Waals surface area contributed by atoms with Gasteiger partial charge in [-0.3, -0.25) is 4.68 Å². The first-order valence-corrected chi connectivity index (χ1v) is 7.60. The van der Waals surface area contributed by atoms with Gasteiger partial charge in [0.2, 0.25) is 0 Å². The van der Waals surface area contributed by atoms with E-state index in [1.165, 1.54) is 5.56 Å². The van der Waals surface area contributed by atoms with E-state index < -0.39 is 0 Å². The predicted molar refractivity (Wildman–Crippen MR) is 84.2 cm³/mol. The molecule has 0 aliphatic heterocycles. The van der Waals surface area contributed by atoms with Crippen molar-refractivity contribution in [2.75, 3.05) is 7.05 Å². The van der Waals surface area contributed by atoms with Crippen molar-refractivity contribution < 1.29 is 4.74 Å². The zero-order valence-corrected chi connectivity index (χ0v) is 13.6. The summed E-state index contributed by atoms with van der Waals surface area (Å²) in [6, 6.07) is 6.43. The topological polar surface area (TPSA) is 39.1 Å². The molecule has 0 aliphatic rings. The maximum Gasteiger partial charge on any atom is 0.165 e. The molecule has 1 aromatic heterocycles. The standard InChI is InChI=1S/C15H20BrN3O/c1-4-7-19-10-13(9-18-19)20-15-6-5-12(8-14(15)16)11(2)17-3/h5-6,8-11,17H,4,7H2,1-3H3. The minimum absolute atomic E-state index is 0.313. The molecule has 108 valence electrons. The van der Waals surface area contributed by atoms with Crippen LogP contribution in [0.25, 0.3) is 0 Å². The lowest BCUT2D eigenvalue weighted by Crippen LogP contribution is -2.12. The summed E-state index contributed by atoms with van der Waals surface area (Å²) in [5.41, 5.74) is 1.22. The van der Waals surface area contributed by atoms with Gasteiger partial charge in [0, 0.05) is 12.6 Å². The van der Waals surface area contributed by atoms with Crippen LogP contribution in [-0.2, 0) is 6.54 Å². The van der Waals surface area contributed by atoms with Crippen LogP contribution in [0.3, 0.4) is 0 Å². The summed E-state index contributed by atoms with van der Waals surface area (Å²) in [6.07, 6.45) is 4.72. The first kappa shape index (κ1) is 15.1. The van der Waals surface area contributed by atoms with Crippen LogP contribution in [0.4, 0.5) is 0 Å². The second-order valence-electron chi connectivity index (χ2n) is 4.74. The lowest BCUT2D eigenvalue weighted by atomic mass is 10.1. The Labute approximate surface area is 128 Å². The van der Waals surface area contributed by atoms with Crippen LogP contribution in [0.5, 0.6) is 11.5 Å². The predicted octanol–water partition coefficient (Wildman–Crippen LogP) is 4.13. The second-order valence-corrected chi connectivity index (χ2v) is 5.60. The summed E-state index contributed by atoms with van der Waals surface area (Å²) in [4.78, 5) is 0. The summed E-state index contributed by atoms with van der Waals surface area (Å²) < 4.78 is 8.69. The Morgan fingerprint density at radius 3 is 2.90 bits per heavy atom. The van der Waals surface area contributed by atoms with Crippen LogP contribution in [0.15, 0.2) is 35.1 Å². The quantitative estimate of drug-likeness (QED) is 0.861. The van der Waals surface area contributed by atoms with Gasteiger partial charge in [-0.05, 0) is 54.0 Å². The number of halogens is 1. The van der Waals surface area contributed by atoms with Crippen molar-refractivity contribution in [3.8, 4) is 11.5 Å². The van der Waals surface area contributed by atoms with Gasteiger partial charge in [-0.15, -0.1) is 0 Å². The smallest absolute Gasteiger partial charge is 0.165 e. The average molecular weight is 338 g/mol. The molecule has 4 nitrogen and oxygen atoms in total. The molecule has 1 atom stereocenters. The molecule has 0 saturated carbocycles. The molecule has 2 aromatic rings. The first-order valence-electron chi connectivity index (χ1n) is 6.81. The molecule has 0 aliphatic carbocycles. The van der Waals surface area contributed by atoms with Crippen LogP contribution < -0.4 is 10.1 Å². The van der Waals surface area contributed by atoms with Crippen LogP contribution >= 0.6 is 15.9 Å². The van der Waals surface area contributed by atoms with Gasteiger partial charge in [0.05, 0.1) is 16.9 Å². The molecule has 2 rings (SSSR count). The maximum atomic E-state index is 5.85. The third-order valence-corrected chi connectivity index (χ3v) is 3.80. The van der Waals surface area contributed by atoms with Gasteiger partial charge < -0.3 is 10.1 Å². The summed E-state index contributed by atoms with van der Waals surface area (Å²) in [5.74, 6) is 1.56. The minimum atomic E-state index is 0.313. The number of ether oxygens (including phenoxy) is 1. The highest BCUT2D eigenvalue weighted by Crippen LogP contribution is 2.31. The average Bonchev–Trinajstić information content (AvgIpc) is 2.88. The number of hydrogen-bond acceptors (Lipinski definition) is 3. The Balaban J connectivity index is 2.12. The van der Waals surface area contributed by atoms with Gasteiger partial charge in [-0.2, -0.15) is 5.10 Å². The minimum Gasteiger partial charge on any atom is -0.453 e. The van der Waals surface area contributed by atoms with E-state index in [0.29, 0.717) is 6.04 Å². The molecule has 5 heteroatoms. The van der Waals surface area contributed by atoms with Crippen molar-refractivity contribution in [2.45, 2.75) is 32.9 Å². The first-order chi connectivity index (χ1) is 9.63. The highest BCUT2D eigenvalue weighted by Gasteiger charge is 2.09. The van der Waals surface area contributed by atoms with E-state index in [4.69, 9.17) is 4.74 Å². The lowest BCUT2D eigenvalue weighted by Gasteiger charge is -2.13. The molecular weight excluding hydrogens is 318 g/mol. The van der Waals surface area contributed by atoms with Gasteiger partial charge in [-0.1, -0.05) is 13.0 Å². The fourth-order valence-electron chi connectivity index (χ4n) is 1.91. The van der Waals surface area contributed by atoms with Gasteiger partial charge in [0.1, 0.15) is 5.75 Å². The van der Waals surface area contributed by atoms with Crippen molar-refractivity contribution in [3.05, 3.63) is 40.6 Å². The van der Waals surface area contributed by atoms with Crippen LogP contribution in [0.1, 0.15) is 31.9 Å². The van der Waals surface area contributed by atoms with Crippen molar-refractivity contribution in [2.24, 2.45) is 0 Å². The van der Waals surface area contributed by atoms with Crippen LogP contribution in [-0.4, -0.2) is 16.8 Å². The zero-order valence-electron chi connectivity index (χ0n) is 12.1. The molecule has 0 radical (unpaired) electrons. The summed E-state index contributed by atoms with van der Waals surface area (Å²) in [6.45, 7) is 5.15. The number of nitrogens with zero attached hydrogens (tertiary/aromatic N) is 2. The summed E-state index contributed by atoms with van der Waals surface area (Å²) >= 11 is 3.56. The Bertz CT molecular complexity index is 568. The molecule has 1 aromatic carbocycles. The maximum absolute atomic E-state index is 5.85. The fourth-order valence-corrected chi connectivity index (χ4v) is 2.39. The molecular formula is C15H20BrN3O. The van der Waals surface area contributed by atoms with E-state index in [-0.39, 0.29) is 0 Å². The summed E-state index contributed by atoms with van der Waals surface area (Å²) in [5, 5.41) is 7.48. The Hall–Kier alpha value is -1.33. The number of hydrogen-bond donors (Lipinski definition) is 1. The molecule has 0 fully saturated rings. The number of aryl methyl sites for hydroxylation is 1. The van der Waals surface area contributed by atoms with E-state index in [0.717, 1.165) is 28.9 Å². The Morgan fingerprint density at radius 1 is 1.45 bits per heavy atom. The molecule has 0 spiro atoms. The van der Waals surface area contributed by atoms with Gasteiger partial charge in [0.25, 0.3) is 0 Å².